The molecule has 0 atom stereocenters. The van der Waals surface area contributed by atoms with Crippen molar-refractivity contribution in [1.29, 1.82) is 0 Å². The van der Waals surface area contributed by atoms with Crippen LogP contribution < -0.4 is 9.47 Å². The topological polar surface area (TPSA) is 95.3 Å². The van der Waals surface area contributed by atoms with Gasteiger partial charge in [0.2, 0.25) is 5.76 Å². The molecule has 10 heteroatoms. The molecule has 0 aliphatic carbocycles. The quantitative estimate of drug-likeness (QED) is 0.177. The third kappa shape index (κ3) is 5.76. The summed E-state index contributed by atoms with van der Waals surface area (Å²) in [5, 5.41) is -0.429. The first kappa shape index (κ1) is 25.8. The number of nitrogens with zero attached hydrogens (tertiary/aromatic N) is 1. The summed E-state index contributed by atoms with van der Waals surface area (Å²) < 4.78 is 22.4. The van der Waals surface area contributed by atoms with Gasteiger partial charge >= 0.3 is 5.97 Å². The van der Waals surface area contributed by atoms with Crippen molar-refractivity contribution in [2.45, 2.75) is 20.1 Å². The van der Waals surface area contributed by atoms with Crippen LogP contribution in [0.2, 0.25) is 0 Å². The highest BCUT2D eigenvalue weighted by molar-refractivity contribution is 14.1. The number of carbonyl (C=O) groups excluding carboxylic acids is 3. The summed E-state index contributed by atoms with van der Waals surface area (Å²) in [4.78, 5) is 38.4. The van der Waals surface area contributed by atoms with Crippen molar-refractivity contribution >= 4 is 57.5 Å². The number of imide groups is 1. The number of thioether (sulfide) groups is 1. The second-order valence-corrected chi connectivity index (χ2v) is 9.99. The van der Waals surface area contributed by atoms with E-state index >= 15 is 0 Å². The maximum atomic E-state index is 12.9. The fourth-order valence-corrected chi connectivity index (χ4v) is 5.16. The zero-order valence-corrected chi connectivity index (χ0v) is 22.7. The number of halogens is 1. The van der Waals surface area contributed by atoms with Gasteiger partial charge in [-0.3, -0.25) is 14.5 Å². The minimum atomic E-state index is -0.634. The maximum Gasteiger partial charge on any atom is 0.373 e. The lowest BCUT2D eigenvalue weighted by molar-refractivity contribution is -0.123. The standard InChI is InChI=1S/C26H22INO7S/c1-15-5-4-6-16(9-15)14-34-23-19(27)10-17(11-21(23)32-2)12-22-24(29)28(26(31)36-22)13-18-7-8-20(35-18)25(30)33-3/h4-12H,13-14H2,1-3H3/b22-12+. The lowest BCUT2D eigenvalue weighted by atomic mass is 10.1. The van der Waals surface area contributed by atoms with Crippen LogP contribution in [0.25, 0.3) is 6.08 Å². The van der Waals surface area contributed by atoms with E-state index in [1.807, 2.05) is 31.2 Å². The first-order chi connectivity index (χ1) is 17.3. The predicted molar refractivity (Wildman–Crippen MR) is 143 cm³/mol. The van der Waals surface area contributed by atoms with Gasteiger partial charge < -0.3 is 18.6 Å². The molecule has 1 aliphatic rings. The summed E-state index contributed by atoms with van der Waals surface area (Å²) in [6.45, 7) is 2.32. The number of furan rings is 1. The van der Waals surface area contributed by atoms with Crippen molar-refractivity contribution in [3.63, 3.8) is 0 Å². The molecule has 8 nitrogen and oxygen atoms in total. The van der Waals surface area contributed by atoms with E-state index in [0.29, 0.717) is 29.4 Å². The molecule has 2 amide bonds. The molecule has 3 aromatic rings. The van der Waals surface area contributed by atoms with Gasteiger partial charge in [0.05, 0.1) is 29.2 Å². The molecule has 2 aromatic carbocycles. The van der Waals surface area contributed by atoms with Crippen molar-refractivity contribution in [2.24, 2.45) is 0 Å². The fourth-order valence-electron chi connectivity index (χ4n) is 3.54. The number of carbonyl (C=O) groups is 3. The van der Waals surface area contributed by atoms with Crippen LogP contribution >= 0.6 is 34.4 Å². The Morgan fingerprint density at radius 2 is 1.94 bits per heavy atom. The average molecular weight is 619 g/mol. The summed E-state index contributed by atoms with van der Waals surface area (Å²) in [5.74, 6) is 0.335. The highest BCUT2D eigenvalue weighted by atomic mass is 127. The van der Waals surface area contributed by atoms with Crippen LogP contribution in [0.5, 0.6) is 11.5 Å². The number of hydrogen-bond acceptors (Lipinski definition) is 8. The van der Waals surface area contributed by atoms with Gasteiger partial charge in [-0.25, -0.2) is 4.79 Å². The van der Waals surface area contributed by atoms with E-state index in [-0.39, 0.29) is 17.2 Å². The number of methoxy groups -OCH3 is 2. The van der Waals surface area contributed by atoms with Crippen LogP contribution in [0.15, 0.2) is 57.9 Å². The van der Waals surface area contributed by atoms with Gasteiger partial charge in [-0.05, 0) is 82.7 Å². The number of aryl methyl sites for hydroxylation is 1. The van der Waals surface area contributed by atoms with Crippen LogP contribution in [0, 0.1) is 10.5 Å². The lowest BCUT2D eigenvalue weighted by Gasteiger charge is -2.14. The number of rotatable bonds is 8. The molecule has 1 aliphatic heterocycles. The summed E-state index contributed by atoms with van der Waals surface area (Å²) in [6.07, 6.45) is 1.64. The van der Waals surface area contributed by atoms with E-state index in [0.717, 1.165) is 31.4 Å². The van der Waals surface area contributed by atoms with E-state index in [9.17, 15) is 14.4 Å². The summed E-state index contributed by atoms with van der Waals surface area (Å²) in [7, 11) is 2.79. The third-order valence-corrected chi connectivity index (χ3v) is 6.96. The minimum absolute atomic E-state index is 0.00129. The first-order valence-electron chi connectivity index (χ1n) is 10.8. The van der Waals surface area contributed by atoms with Crippen LogP contribution in [-0.4, -0.2) is 36.2 Å². The van der Waals surface area contributed by atoms with Gasteiger partial charge in [-0.1, -0.05) is 29.8 Å². The first-order valence-corrected chi connectivity index (χ1v) is 12.7. The Balaban J connectivity index is 1.51. The van der Waals surface area contributed by atoms with Gasteiger partial charge in [-0.2, -0.15) is 0 Å². The highest BCUT2D eigenvalue weighted by Gasteiger charge is 2.36. The van der Waals surface area contributed by atoms with Gasteiger partial charge in [0, 0.05) is 0 Å². The Hall–Kier alpha value is -3.25. The van der Waals surface area contributed by atoms with Crippen molar-refractivity contribution in [1.82, 2.24) is 4.90 Å². The third-order valence-electron chi connectivity index (χ3n) is 5.25. The summed E-state index contributed by atoms with van der Waals surface area (Å²) >= 11 is 2.99. The highest BCUT2D eigenvalue weighted by Crippen LogP contribution is 2.38. The van der Waals surface area contributed by atoms with E-state index in [1.165, 1.54) is 19.2 Å². The van der Waals surface area contributed by atoms with Crippen LogP contribution in [-0.2, 0) is 22.7 Å². The average Bonchev–Trinajstić information content (AvgIpc) is 3.43. The van der Waals surface area contributed by atoms with Gasteiger partial charge in [-0.15, -0.1) is 0 Å². The second kappa shape index (κ2) is 11.2. The number of benzene rings is 2. The van der Waals surface area contributed by atoms with E-state index in [2.05, 4.69) is 33.4 Å². The van der Waals surface area contributed by atoms with E-state index < -0.39 is 17.1 Å². The fraction of sp³-hybridized carbons (Fsp3) is 0.192. The normalized spacial score (nSPS) is 14.4. The molecule has 0 spiro atoms. The van der Waals surface area contributed by atoms with Crippen molar-refractivity contribution in [3.05, 3.63) is 85.2 Å². The molecule has 36 heavy (non-hydrogen) atoms. The number of ether oxygens (including phenoxy) is 3. The monoisotopic (exact) mass is 619 g/mol. The molecule has 0 saturated carbocycles. The van der Waals surface area contributed by atoms with Crippen LogP contribution in [0.4, 0.5) is 4.79 Å². The number of amides is 2. The molecule has 2 heterocycles. The second-order valence-electron chi connectivity index (χ2n) is 7.84. The van der Waals surface area contributed by atoms with Crippen LogP contribution in [0.1, 0.15) is 33.0 Å². The Morgan fingerprint density at radius 1 is 1.14 bits per heavy atom. The van der Waals surface area contributed by atoms with Gasteiger partial charge in [0.1, 0.15) is 12.4 Å². The summed E-state index contributed by atoms with van der Waals surface area (Å²) in [5.41, 5.74) is 2.88. The Kier molecular flexibility index (Phi) is 8.04. The molecule has 1 saturated heterocycles. The zero-order valence-electron chi connectivity index (χ0n) is 19.7. The molecule has 0 radical (unpaired) electrons. The Morgan fingerprint density at radius 3 is 2.67 bits per heavy atom. The minimum Gasteiger partial charge on any atom is -0.493 e. The van der Waals surface area contributed by atoms with E-state index in [4.69, 9.17) is 13.9 Å². The van der Waals surface area contributed by atoms with Crippen LogP contribution in [0.3, 0.4) is 0 Å². The molecule has 186 valence electrons. The molecule has 4 rings (SSSR count). The Labute approximate surface area is 225 Å². The SMILES string of the molecule is COC(=O)c1ccc(CN2C(=O)S/C(=C/c3cc(I)c(OCc4cccc(C)c4)c(OC)c3)C2=O)o1. The molecule has 1 aromatic heterocycles. The van der Waals surface area contributed by atoms with Crippen molar-refractivity contribution in [3.8, 4) is 11.5 Å². The zero-order chi connectivity index (χ0) is 25.8. The maximum absolute atomic E-state index is 12.9. The predicted octanol–water partition coefficient (Wildman–Crippen LogP) is 5.80. The smallest absolute Gasteiger partial charge is 0.373 e. The summed E-state index contributed by atoms with van der Waals surface area (Å²) in [6, 6.07) is 14.6. The van der Waals surface area contributed by atoms with Crippen molar-refractivity contribution in [2.75, 3.05) is 14.2 Å². The molecule has 1 fully saturated rings. The van der Waals surface area contributed by atoms with Gasteiger partial charge in [0.15, 0.2) is 11.5 Å². The molecular weight excluding hydrogens is 597 g/mol. The molecule has 0 unspecified atom stereocenters. The van der Waals surface area contributed by atoms with Gasteiger partial charge in [0.25, 0.3) is 11.1 Å². The molecular formula is C26H22INO7S. The van der Waals surface area contributed by atoms with Crippen molar-refractivity contribution < 1.29 is 33.0 Å². The molecule has 0 N–H and O–H groups in total. The Bertz CT molecular complexity index is 1360. The number of hydrogen-bond donors (Lipinski definition) is 0. The molecule has 0 bridgehead atoms. The largest absolute Gasteiger partial charge is 0.493 e. The number of esters is 1. The lowest BCUT2D eigenvalue weighted by Crippen LogP contribution is -2.27. The van der Waals surface area contributed by atoms with E-state index in [1.54, 1.807) is 19.3 Å².